The Kier molecular flexibility index (Phi) is 62.6. The minimum atomic E-state index is -0.426. The van der Waals surface area contributed by atoms with Crippen molar-refractivity contribution in [2.75, 3.05) is 90.1 Å². The summed E-state index contributed by atoms with van der Waals surface area (Å²) in [5.41, 5.74) is 0. The molecule has 1 aliphatic heterocycles. The number of carbonyl (C=O) groups excluding carboxylic acids is 1. The molecule has 88 heavy (non-hydrogen) atoms. The molecule has 514 valence electrons. The molecule has 12 heteroatoms. The lowest BCUT2D eigenvalue weighted by atomic mass is 10.0. The average Bonchev–Trinajstić information content (AvgIpc) is 3.64. The lowest BCUT2D eigenvalue weighted by Crippen LogP contribution is -2.47. The number of rotatable bonds is 65. The lowest BCUT2D eigenvalue weighted by molar-refractivity contribution is -0.144. The number of nitrogens with zero attached hydrogens (tertiary/aromatic N) is 4. The molecule has 4 N–H and O–H groups in total. The second kappa shape index (κ2) is 65.4. The first-order valence-electron chi connectivity index (χ1n) is 37.0. The van der Waals surface area contributed by atoms with Gasteiger partial charge in [0.1, 0.15) is 6.61 Å². The van der Waals surface area contributed by atoms with E-state index in [1.54, 1.807) is 0 Å². The summed E-state index contributed by atoms with van der Waals surface area (Å²) < 4.78 is 5.79. The summed E-state index contributed by atoms with van der Waals surface area (Å²) in [7, 11) is 3.92. The van der Waals surface area contributed by atoms with Gasteiger partial charge in [-0.3, -0.25) is 24.4 Å². The Morgan fingerprint density at radius 3 is 1.23 bits per heavy atom. The number of esters is 1. The van der Waals surface area contributed by atoms with Crippen LogP contribution in [-0.2, 0) is 9.53 Å². The van der Waals surface area contributed by atoms with Gasteiger partial charge < -0.3 is 25.2 Å². The van der Waals surface area contributed by atoms with E-state index in [4.69, 9.17) is 4.74 Å². The standard InChI is InChI=1S/C76H142N4O6S2/c1-6-10-14-18-22-26-28-30-32-34-36-40-42-46-51-72(81)67-79(68-73(82)52-47-43-41-37-35-33-31-29-27-23-19-15-11-7-2)57-50-65-87-88-66-63-78-60-58-77(59-61-78)62-64-86-76(85)56-55-71(5)80(69-74(83)53-48-44-38-24-20-16-12-8-3)70-75(84)54-49-45-39-25-21-17-13-9-4/h10-11,14-15,22-23,26-27,30-33,71-75,81-84H,6-9,12-13,16-21,24-25,28-29,34-70H2,1-5H3/b14-10-,15-11-,26-22-,27-23-,32-30-,33-31-. The van der Waals surface area contributed by atoms with Gasteiger partial charge in [-0.25, -0.2) is 0 Å². The molecule has 1 rings (SSSR count). The van der Waals surface area contributed by atoms with Crippen LogP contribution in [0, 0.1) is 0 Å². The molecule has 0 saturated carbocycles. The topological polar surface area (TPSA) is 120 Å². The van der Waals surface area contributed by atoms with E-state index in [1.807, 2.05) is 21.6 Å². The smallest absolute Gasteiger partial charge is 0.305 e. The van der Waals surface area contributed by atoms with E-state index in [-0.39, 0.29) is 24.2 Å². The van der Waals surface area contributed by atoms with Crippen LogP contribution in [-0.4, -0.2) is 167 Å². The average molecular weight is 1270 g/mol. The van der Waals surface area contributed by atoms with Crippen molar-refractivity contribution in [2.24, 2.45) is 0 Å². The third-order valence-corrected chi connectivity index (χ3v) is 19.8. The quantitative estimate of drug-likeness (QED) is 0.0201. The molecule has 1 heterocycles. The highest BCUT2D eigenvalue weighted by atomic mass is 33.1. The number of allylic oxidation sites excluding steroid dienone is 12. The van der Waals surface area contributed by atoms with Crippen molar-refractivity contribution in [3.05, 3.63) is 72.9 Å². The van der Waals surface area contributed by atoms with Crippen LogP contribution in [0.5, 0.6) is 0 Å². The molecule has 1 aliphatic rings. The molecule has 0 amide bonds. The first-order chi connectivity index (χ1) is 43.1. The maximum absolute atomic E-state index is 13.0. The summed E-state index contributed by atoms with van der Waals surface area (Å²) in [6.45, 7) is 20.5. The number of aliphatic hydroxyl groups excluding tert-OH is 4. The summed E-state index contributed by atoms with van der Waals surface area (Å²) >= 11 is 0. The summed E-state index contributed by atoms with van der Waals surface area (Å²) in [4.78, 5) is 22.6. The third kappa shape index (κ3) is 57.0. The number of hydrogen-bond donors (Lipinski definition) is 4. The zero-order valence-corrected chi connectivity index (χ0v) is 59.6. The zero-order chi connectivity index (χ0) is 63.9. The van der Waals surface area contributed by atoms with Crippen molar-refractivity contribution in [2.45, 2.75) is 315 Å². The fourth-order valence-electron chi connectivity index (χ4n) is 11.6. The van der Waals surface area contributed by atoms with Crippen molar-refractivity contribution in [1.29, 1.82) is 0 Å². The molecule has 0 aromatic carbocycles. The van der Waals surface area contributed by atoms with E-state index in [9.17, 15) is 25.2 Å². The van der Waals surface area contributed by atoms with Gasteiger partial charge in [0, 0.05) is 89.4 Å². The van der Waals surface area contributed by atoms with Gasteiger partial charge in [-0.2, -0.15) is 0 Å². The highest BCUT2D eigenvalue weighted by Gasteiger charge is 2.23. The Bertz CT molecular complexity index is 1590. The van der Waals surface area contributed by atoms with Crippen LogP contribution in [0.1, 0.15) is 285 Å². The summed E-state index contributed by atoms with van der Waals surface area (Å²) in [5, 5.41) is 44.6. The number of piperazine rings is 1. The largest absolute Gasteiger partial charge is 0.464 e. The first kappa shape index (κ1) is 84.3. The molecule has 0 aromatic rings. The van der Waals surface area contributed by atoms with Gasteiger partial charge >= 0.3 is 5.97 Å². The third-order valence-electron chi connectivity index (χ3n) is 17.3. The normalized spacial score (nSPS) is 15.8. The molecular weight excluding hydrogens is 1130 g/mol. The van der Waals surface area contributed by atoms with E-state index in [0.29, 0.717) is 45.6 Å². The van der Waals surface area contributed by atoms with Crippen molar-refractivity contribution in [3.8, 4) is 0 Å². The fourth-order valence-corrected chi connectivity index (χ4v) is 13.7. The van der Waals surface area contributed by atoms with Gasteiger partial charge in [0.15, 0.2) is 0 Å². The predicted octanol–water partition coefficient (Wildman–Crippen LogP) is 18.6. The molecule has 1 saturated heterocycles. The molecule has 0 bridgehead atoms. The minimum Gasteiger partial charge on any atom is -0.464 e. The van der Waals surface area contributed by atoms with Crippen LogP contribution in [0.2, 0.25) is 0 Å². The molecule has 5 unspecified atom stereocenters. The van der Waals surface area contributed by atoms with Gasteiger partial charge in [-0.05, 0) is 116 Å². The van der Waals surface area contributed by atoms with Crippen molar-refractivity contribution in [1.82, 2.24) is 19.6 Å². The van der Waals surface area contributed by atoms with Crippen molar-refractivity contribution in [3.63, 3.8) is 0 Å². The molecule has 0 aliphatic carbocycles. The van der Waals surface area contributed by atoms with Gasteiger partial charge in [-0.1, -0.05) is 263 Å². The monoisotopic (exact) mass is 1270 g/mol. The number of ether oxygens (including phenoxy) is 1. The SMILES string of the molecule is CC/C=C\C/C=C\C/C=C\CCCCCCC(O)CN(CCCSSCCN1CCN(CCOC(=O)CCC(C)N(CC(O)CCCCCCCCCC)CC(O)CCCCCCCCCC)CC1)CC(O)CCCCCC/C=C\C/C=C\C/C=C\CC. The Hall–Kier alpha value is -1.71. The number of aliphatic hydroxyl groups is 4. The van der Waals surface area contributed by atoms with E-state index in [1.165, 1.54) is 103 Å². The number of hydrogen-bond acceptors (Lipinski definition) is 12. The second-order valence-corrected chi connectivity index (χ2v) is 28.4. The zero-order valence-electron chi connectivity index (χ0n) is 58.0. The van der Waals surface area contributed by atoms with Gasteiger partial charge in [0.25, 0.3) is 0 Å². The van der Waals surface area contributed by atoms with Crippen LogP contribution >= 0.6 is 21.6 Å². The maximum Gasteiger partial charge on any atom is 0.305 e. The van der Waals surface area contributed by atoms with Crippen molar-refractivity contribution >= 4 is 27.6 Å². The Morgan fingerprint density at radius 1 is 0.432 bits per heavy atom. The highest BCUT2D eigenvalue weighted by molar-refractivity contribution is 8.76. The van der Waals surface area contributed by atoms with Crippen molar-refractivity contribution < 1.29 is 30.0 Å². The van der Waals surface area contributed by atoms with Crippen LogP contribution in [0.3, 0.4) is 0 Å². The molecule has 10 nitrogen and oxygen atoms in total. The molecule has 0 radical (unpaired) electrons. The van der Waals surface area contributed by atoms with Crippen LogP contribution in [0.4, 0.5) is 0 Å². The second-order valence-electron chi connectivity index (χ2n) is 25.7. The first-order valence-corrected chi connectivity index (χ1v) is 39.5. The van der Waals surface area contributed by atoms with Crippen LogP contribution in [0.15, 0.2) is 72.9 Å². The molecular formula is C76H142N4O6S2. The van der Waals surface area contributed by atoms with E-state index >= 15 is 0 Å². The van der Waals surface area contributed by atoms with Gasteiger partial charge in [0.05, 0.1) is 24.4 Å². The highest BCUT2D eigenvalue weighted by Crippen LogP contribution is 2.23. The van der Waals surface area contributed by atoms with Gasteiger partial charge in [-0.15, -0.1) is 0 Å². The maximum atomic E-state index is 13.0. The number of carbonyl (C=O) groups is 1. The van der Waals surface area contributed by atoms with Gasteiger partial charge in [0.2, 0.25) is 0 Å². The minimum absolute atomic E-state index is 0.0638. The van der Waals surface area contributed by atoms with Crippen LogP contribution < -0.4 is 0 Å². The molecule has 0 aromatic heterocycles. The Balaban J connectivity index is 2.47. The van der Waals surface area contributed by atoms with Crippen LogP contribution in [0.25, 0.3) is 0 Å². The summed E-state index contributed by atoms with van der Waals surface area (Å²) in [6, 6.07) is 0.0638. The Morgan fingerprint density at radius 2 is 0.795 bits per heavy atom. The lowest BCUT2D eigenvalue weighted by Gasteiger charge is -2.34. The van der Waals surface area contributed by atoms with E-state index in [2.05, 4.69) is 127 Å². The molecule has 1 fully saturated rings. The summed E-state index contributed by atoms with van der Waals surface area (Å²) in [5.74, 6) is 2.00. The summed E-state index contributed by atoms with van der Waals surface area (Å²) in [6.07, 6.45) is 68.5. The predicted molar refractivity (Wildman–Crippen MR) is 388 cm³/mol. The van der Waals surface area contributed by atoms with E-state index in [0.717, 1.165) is 192 Å². The molecule has 0 spiro atoms. The Labute approximate surface area is 552 Å². The number of unbranched alkanes of at least 4 members (excludes halogenated alkanes) is 22. The van der Waals surface area contributed by atoms with E-state index < -0.39 is 12.2 Å². The molecule has 5 atom stereocenters. The fraction of sp³-hybridized carbons (Fsp3) is 0.829.